The Morgan fingerprint density at radius 3 is 2.55 bits per heavy atom. The predicted octanol–water partition coefficient (Wildman–Crippen LogP) is 3.96. The number of ether oxygens (including phenoxy) is 1. The molecule has 12 nitrogen and oxygen atoms in total. The number of aromatic nitrogens is 2. The van der Waals surface area contributed by atoms with Crippen LogP contribution in [0.2, 0.25) is 0 Å². The van der Waals surface area contributed by atoms with E-state index in [9.17, 15) is 9.90 Å². The Balaban J connectivity index is 0.00000191. The molecule has 2 amide bonds. The second kappa shape index (κ2) is 19.8. The number of aliphatic imine (C=N–C) groups is 1. The molecule has 218 valence electrons. The molecule has 0 saturated carbocycles. The van der Waals surface area contributed by atoms with Gasteiger partial charge in [-0.15, -0.1) is 0 Å². The van der Waals surface area contributed by atoms with Crippen molar-refractivity contribution in [2.75, 3.05) is 50.1 Å². The second-order valence-corrected chi connectivity index (χ2v) is 8.51. The van der Waals surface area contributed by atoms with Crippen molar-refractivity contribution >= 4 is 30.6 Å². The van der Waals surface area contributed by atoms with E-state index >= 15 is 0 Å². The van der Waals surface area contributed by atoms with E-state index in [1.807, 2.05) is 30.9 Å². The van der Waals surface area contributed by atoms with Crippen LogP contribution in [0, 0.1) is 22.7 Å². The van der Waals surface area contributed by atoms with E-state index < -0.39 is 0 Å². The summed E-state index contributed by atoms with van der Waals surface area (Å²) in [6.07, 6.45) is 4.66. The Kier molecular flexibility index (Phi) is 16.7. The predicted molar refractivity (Wildman–Crippen MR) is 160 cm³/mol. The molecule has 0 radical (unpaired) electrons. The zero-order chi connectivity index (χ0) is 29.8. The third kappa shape index (κ3) is 10.9. The molecule has 1 aromatic carbocycles. The molecular weight excluding hydrogens is 510 g/mol. The number of carbonyl (C=O) groups is 1. The average molecular weight is 554 g/mol. The van der Waals surface area contributed by atoms with Crippen LogP contribution in [0.4, 0.5) is 16.3 Å². The lowest BCUT2D eigenvalue weighted by Crippen LogP contribution is -2.37. The molecule has 0 aliphatic carbocycles. The number of urea groups is 1. The maximum atomic E-state index is 11.6. The molecule has 1 aliphatic heterocycles. The number of nitriles is 1. The number of anilines is 2. The number of nitrogens with two attached hydrogens (primary N) is 1. The molecule has 6 N–H and O–H groups in total. The maximum Gasteiger partial charge on any atom is 0.318 e. The van der Waals surface area contributed by atoms with Crippen LogP contribution in [-0.4, -0.2) is 74.1 Å². The van der Waals surface area contributed by atoms with Crippen LogP contribution in [0.15, 0.2) is 29.3 Å². The molecule has 2 heterocycles. The van der Waals surface area contributed by atoms with Crippen LogP contribution in [0.3, 0.4) is 0 Å². The third-order valence-corrected chi connectivity index (χ3v) is 6.03. The van der Waals surface area contributed by atoms with Crippen molar-refractivity contribution in [3.05, 3.63) is 30.0 Å². The Morgan fingerprint density at radius 1 is 1.27 bits per heavy atom. The summed E-state index contributed by atoms with van der Waals surface area (Å²) in [5.74, 6) is 1.23. The van der Waals surface area contributed by atoms with Gasteiger partial charge >= 0.3 is 6.03 Å². The number of benzene rings is 1. The number of aromatic hydroxyl groups is 1. The fourth-order valence-electron chi connectivity index (χ4n) is 4.07. The van der Waals surface area contributed by atoms with Crippen LogP contribution >= 0.6 is 0 Å². The SMILES string of the molecule is C=N.CC.CNC(=O)Nc1ccc(-c2nc(CC(CCCC#N)CCN=CN)c(O)c(N3CCOCC3)n2)cc1. The molecule has 1 saturated heterocycles. The lowest BCUT2D eigenvalue weighted by molar-refractivity contribution is 0.122. The first-order valence-electron chi connectivity index (χ1n) is 13.5. The molecule has 0 bridgehead atoms. The first kappa shape index (κ1) is 33.8. The fourth-order valence-corrected chi connectivity index (χ4v) is 4.07. The van der Waals surface area contributed by atoms with Crippen LogP contribution in [0.1, 0.15) is 45.2 Å². The number of nitrogens with zero attached hydrogens (tertiary/aromatic N) is 5. The van der Waals surface area contributed by atoms with Gasteiger partial charge in [0.2, 0.25) is 0 Å². The van der Waals surface area contributed by atoms with Crippen molar-refractivity contribution in [3.63, 3.8) is 0 Å². The average Bonchev–Trinajstić information content (AvgIpc) is 3.01. The van der Waals surface area contributed by atoms with Crippen molar-refractivity contribution in [2.45, 2.75) is 46.0 Å². The molecule has 1 unspecified atom stereocenters. The number of hydrogen-bond donors (Lipinski definition) is 5. The third-order valence-electron chi connectivity index (χ3n) is 6.03. The molecule has 0 spiro atoms. The topological polar surface area (TPSA) is 186 Å². The van der Waals surface area contributed by atoms with E-state index in [0.717, 1.165) is 24.8 Å². The van der Waals surface area contributed by atoms with Gasteiger partial charge in [-0.2, -0.15) is 5.26 Å². The highest BCUT2D eigenvalue weighted by Crippen LogP contribution is 2.34. The monoisotopic (exact) mass is 553 g/mol. The van der Waals surface area contributed by atoms with Gasteiger partial charge in [0.15, 0.2) is 17.4 Å². The first-order valence-corrected chi connectivity index (χ1v) is 13.5. The van der Waals surface area contributed by atoms with Gasteiger partial charge in [0.05, 0.1) is 31.3 Å². The Bertz CT molecular complexity index is 1080. The standard InChI is InChI=1S/C25H34N8O3.C2H6.CH3N/c1-28-25(35)30-20-7-5-19(6-8-20)23-31-21(16-18(4-2-3-10-26)9-11-29-17-27)22(34)24(32-23)33-12-14-36-15-13-33;2*1-2/h5-8,17-18,34H,2-4,9,11-16H2,1H3,(H2,27,29)(H2,28,30,35);1-2H3;2H,1H2. The van der Waals surface area contributed by atoms with E-state index in [-0.39, 0.29) is 17.7 Å². The van der Waals surface area contributed by atoms with E-state index in [1.54, 1.807) is 19.2 Å². The second-order valence-electron chi connectivity index (χ2n) is 8.51. The summed E-state index contributed by atoms with van der Waals surface area (Å²) in [5.41, 5.74) is 7.38. The first-order chi connectivity index (χ1) is 19.5. The van der Waals surface area contributed by atoms with Gasteiger partial charge in [0, 0.05) is 44.4 Å². The minimum atomic E-state index is -0.304. The highest BCUT2D eigenvalue weighted by atomic mass is 16.5. The van der Waals surface area contributed by atoms with Crippen LogP contribution < -0.4 is 21.3 Å². The minimum absolute atomic E-state index is 0.0752. The lowest BCUT2D eigenvalue weighted by atomic mass is 9.93. The van der Waals surface area contributed by atoms with Gasteiger partial charge in [-0.05, 0) is 62.6 Å². The molecular formula is C28H43N9O3. The van der Waals surface area contributed by atoms with Gasteiger partial charge in [-0.3, -0.25) is 4.99 Å². The largest absolute Gasteiger partial charge is 0.503 e. The zero-order valence-electron chi connectivity index (χ0n) is 23.8. The van der Waals surface area contributed by atoms with Crippen LogP contribution in [-0.2, 0) is 11.2 Å². The summed E-state index contributed by atoms with van der Waals surface area (Å²) in [6, 6.07) is 9.13. The summed E-state index contributed by atoms with van der Waals surface area (Å²) in [5, 5.41) is 30.9. The van der Waals surface area contributed by atoms with Crippen molar-refractivity contribution in [2.24, 2.45) is 16.6 Å². The van der Waals surface area contributed by atoms with Gasteiger partial charge in [-0.25, -0.2) is 14.8 Å². The Morgan fingerprint density at radius 2 is 1.95 bits per heavy atom. The fraction of sp³-hybridized carbons (Fsp3) is 0.500. The van der Waals surface area contributed by atoms with Crippen LogP contribution in [0.5, 0.6) is 5.75 Å². The zero-order valence-corrected chi connectivity index (χ0v) is 23.8. The molecule has 1 fully saturated rings. The van der Waals surface area contributed by atoms with Crippen LogP contribution in [0.25, 0.3) is 11.4 Å². The van der Waals surface area contributed by atoms with Crippen molar-refractivity contribution in [1.29, 1.82) is 10.7 Å². The van der Waals surface area contributed by atoms with Crippen molar-refractivity contribution in [1.82, 2.24) is 15.3 Å². The molecule has 2 aromatic rings. The molecule has 1 atom stereocenters. The van der Waals surface area contributed by atoms with Gasteiger partial charge in [-0.1, -0.05) is 13.8 Å². The normalized spacial score (nSPS) is 13.2. The number of amides is 2. The minimum Gasteiger partial charge on any atom is -0.503 e. The summed E-state index contributed by atoms with van der Waals surface area (Å²) < 4.78 is 5.48. The maximum absolute atomic E-state index is 11.6. The summed E-state index contributed by atoms with van der Waals surface area (Å²) in [6.45, 7) is 9.43. The van der Waals surface area contributed by atoms with E-state index in [1.165, 1.54) is 6.34 Å². The number of morpholine rings is 1. The lowest BCUT2D eigenvalue weighted by Gasteiger charge is -2.29. The number of rotatable bonds is 11. The number of hydrogen-bond acceptors (Lipinski definition) is 9. The summed E-state index contributed by atoms with van der Waals surface area (Å²) in [4.78, 5) is 27.2. The molecule has 3 rings (SSSR count). The van der Waals surface area contributed by atoms with E-state index in [4.69, 9.17) is 31.1 Å². The van der Waals surface area contributed by atoms with Crippen molar-refractivity contribution in [3.8, 4) is 23.2 Å². The highest BCUT2D eigenvalue weighted by molar-refractivity contribution is 5.89. The molecule has 40 heavy (non-hydrogen) atoms. The number of carbonyl (C=O) groups excluding carboxylic acids is 1. The summed E-state index contributed by atoms with van der Waals surface area (Å²) in [7, 11) is 1.55. The number of nitrogens with one attached hydrogen (secondary N) is 3. The van der Waals surface area contributed by atoms with Crippen molar-refractivity contribution < 1.29 is 14.6 Å². The van der Waals surface area contributed by atoms with Gasteiger partial charge in [0.25, 0.3) is 0 Å². The molecule has 1 aromatic heterocycles. The highest BCUT2D eigenvalue weighted by Gasteiger charge is 2.23. The van der Waals surface area contributed by atoms with E-state index in [2.05, 4.69) is 28.4 Å². The quantitative estimate of drug-likeness (QED) is 0.157. The smallest absolute Gasteiger partial charge is 0.318 e. The Labute approximate surface area is 237 Å². The molecule has 12 heteroatoms. The van der Waals surface area contributed by atoms with E-state index in [0.29, 0.717) is 68.7 Å². The number of unbranched alkanes of at least 4 members (excludes halogenated alkanes) is 1. The van der Waals surface area contributed by atoms with Gasteiger partial charge < -0.3 is 36.5 Å². The molecule has 1 aliphatic rings. The van der Waals surface area contributed by atoms with Gasteiger partial charge in [0.1, 0.15) is 0 Å². The Hall–Kier alpha value is -4.24. The summed E-state index contributed by atoms with van der Waals surface area (Å²) >= 11 is 0.